The van der Waals surface area contributed by atoms with Gasteiger partial charge in [0.1, 0.15) is 5.75 Å². The predicted octanol–water partition coefficient (Wildman–Crippen LogP) is 2.76. The number of anilines is 1. The molecule has 1 fully saturated rings. The molecule has 2 aromatic rings. The molecular formula is C24H28N2O6S. The third-order valence-electron chi connectivity index (χ3n) is 6.04. The molecule has 1 atom stereocenters. The van der Waals surface area contributed by atoms with Gasteiger partial charge >= 0.3 is 5.97 Å². The van der Waals surface area contributed by atoms with Crippen molar-refractivity contribution in [2.45, 2.75) is 43.1 Å². The lowest BCUT2D eigenvalue weighted by Gasteiger charge is -2.33. The number of ether oxygens (including phenoxy) is 2. The average Bonchev–Trinajstić information content (AvgIpc) is 2.86. The van der Waals surface area contributed by atoms with Crippen LogP contribution in [0.1, 0.15) is 31.2 Å². The summed E-state index contributed by atoms with van der Waals surface area (Å²) in [6.45, 7) is 1.20. The molecule has 0 saturated carbocycles. The van der Waals surface area contributed by atoms with E-state index in [1.54, 1.807) is 51.7 Å². The van der Waals surface area contributed by atoms with Crippen molar-refractivity contribution in [2.75, 3.05) is 31.6 Å². The van der Waals surface area contributed by atoms with Crippen molar-refractivity contribution in [2.24, 2.45) is 0 Å². The third-order valence-corrected chi connectivity index (χ3v) is 7.96. The molecule has 0 spiro atoms. The highest BCUT2D eigenvalue weighted by atomic mass is 32.2. The lowest BCUT2D eigenvalue weighted by Crippen LogP contribution is -2.47. The summed E-state index contributed by atoms with van der Waals surface area (Å²) in [6, 6.07) is 13.8. The monoisotopic (exact) mass is 472 g/mol. The first kappa shape index (κ1) is 23.3. The molecule has 2 aliphatic rings. The van der Waals surface area contributed by atoms with Crippen LogP contribution in [0.3, 0.4) is 0 Å². The lowest BCUT2D eigenvalue weighted by atomic mass is 10.1. The number of carbonyl (C=O) groups excluding carboxylic acids is 2. The van der Waals surface area contributed by atoms with Crippen LogP contribution in [0.5, 0.6) is 5.75 Å². The van der Waals surface area contributed by atoms with E-state index in [2.05, 4.69) is 0 Å². The van der Waals surface area contributed by atoms with Gasteiger partial charge in [0.05, 0.1) is 24.2 Å². The highest BCUT2D eigenvalue weighted by molar-refractivity contribution is 7.89. The van der Waals surface area contributed by atoms with Crippen molar-refractivity contribution >= 4 is 27.6 Å². The second-order valence-electron chi connectivity index (χ2n) is 8.21. The van der Waals surface area contributed by atoms with Gasteiger partial charge in [-0.25, -0.2) is 13.2 Å². The van der Waals surface area contributed by atoms with E-state index in [9.17, 15) is 18.0 Å². The Morgan fingerprint density at radius 1 is 1.03 bits per heavy atom. The van der Waals surface area contributed by atoms with Crippen molar-refractivity contribution < 1.29 is 27.5 Å². The second kappa shape index (κ2) is 9.93. The number of aryl methyl sites for hydroxylation is 1. The molecule has 176 valence electrons. The molecule has 0 aliphatic carbocycles. The van der Waals surface area contributed by atoms with E-state index < -0.39 is 22.1 Å². The maximum atomic E-state index is 13.0. The van der Waals surface area contributed by atoms with Crippen molar-refractivity contribution in [3.8, 4) is 5.75 Å². The number of hydrogen-bond acceptors (Lipinski definition) is 6. The van der Waals surface area contributed by atoms with E-state index in [1.807, 2.05) is 6.07 Å². The summed E-state index contributed by atoms with van der Waals surface area (Å²) in [6.07, 6.45) is 2.62. The first-order chi connectivity index (χ1) is 15.9. The fraction of sp³-hybridized carbons (Fsp3) is 0.417. The summed E-state index contributed by atoms with van der Waals surface area (Å²) in [5.41, 5.74) is 1.48. The summed E-state index contributed by atoms with van der Waals surface area (Å²) in [4.78, 5) is 26.9. The van der Waals surface area contributed by atoms with Crippen LogP contribution in [0.15, 0.2) is 53.4 Å². The average molecular weight is 473 g/mol. The number of sulfonamides is 1. The van der Waals surface area contributed by atoms with Gasteiger partial charge in [-0.3, -0.25) is 4.79 Å². The summed E-state index contributed by atoms with van der Waals surface area (Å²) in [5.74, 6) is -0.225. The van der Waals surface area contributed by atoms with Gasteiger partial charge in [-0.05, 0) is 49.1 Å². The van der Waals surface area contributed by atoms with Gasteiger partial charge < -0.3 is 14.4 Å². The first-order valence-electron chi connectivity index (χ1n) is 11.1. The van der Waals surface area contributed by atoms with E-state index >= 15 is 0 Å². The van der Waals surface area contributed by atoms with Gasteiger partial charge in [-0.2, -0.15) is 4.31 Å². The van der Waals surface area contributed by atoms with E-state index in [0.29, 0.717) is 30.9 Å². The molecule has 2 heterocycles. The molecule has 8 nitrogen and oxygen atoms in total. The molecule has 0 bridgehead atoms. The Balaban J connectivity index is 1.42. The number of rotatable bonds is 6. The molecule has 0 aromatic heterocycles. The minimum absolute atomic E-state index is 0.0789. The standard InChI is InChI=1S/C24H28N2O6S/c1-31-24(28)22-17-26(20-7-3-4-8-21(20)32-22)23(27)14-11-18-9-12-19(13-10-18)33(29,30)25-15-5-2-6-16-25/h3-4,7-10,12-13,22H,2,5-6,11,14-17H2,1H3/t22-/m0/s1. The molecule has 0 unspecified atom stereocenters. The van der Waals surface area contributed by atoms with Gasteiger partial charge in [0.25, 0.3) is 0 Å². The topological polar surface area (TPSA) is 93.2 Å². The van der Waals surface area contributed by atoms with Crippen LogP contribution in [0.4, 0.5) is 5.69 Å². The van der Waals surface area contributed by atoms with Crippen molar-refractivity contribution in [1.82, 2.24) is 4.31 Å². The minimum Gasteiger partial charge on any atom is -0.475 e. The quantitative estimate of drug-likeness (QED) is 0.601. The number of amides is 1. The number of methoxy groups -OCH3 is 1. The number of para-hydroxylation sites is 2. The Hall–Kier alpha value is -2.91. The molecular weight excluding hydrogens is 444 g/mol. The number of fused-ring (bicyclic) bond motifs is 1. The third kappa shape index (κ3) is 5.04. The molecule has 0 N–H and O–H groups in total. The van der Waals surface area contributed by atoms with Crippen LogP contribution in [0.2, 0.25) is 0 Å². The summed E-state index contributed by atoms with van der Waals surface area (Å²) in [5, 5.41) is 0. The molecule has 0 radical (unpaired) electrons. The Bertz CT molecular complexity index is 1110. The van der Waals surface area contributed by atoms with Gasteiger partial charge in [-0.1, -0.05) is 30.7 Å². The van der Waals surface area contributed by atoms with E-state index in [-0.39, 0.29) is 23.8 Å². The van der Waals surface area contributed by atoms with Crippen LogP contribution in [0.25, 0.3) is 0 Å². The molecule has 1 amide bonds. The van der Waals surface area contributed by atoms with Crippen LogP contribution in [-0.4, -0.2) is 57.4 Å². The van der Waals surface area contributed by atoms with Gasteiger partial charge in [0.15, 0.2) is 0 Å². The van der Waals surface area contributed by atoms with Crippen LogP contribution in [0, 0.1) is 0 Å². The zero-order valence-corrected chi connectivity index (χ0v) is 19.4. The number of carbonyl (C=O) groups is 2. The Kier molecular flexibility index (Phi) is 6.99. The molecule has 33 heavy (non-hydrogen) atoms. The lowest BCUT2D eigenvalue weighted by molar-refractivity contribution is -0.148. The van der Waals surface area contributed by atoms with E-state index in [1.165, 1.54) is 7.11 Å². The van der Waals surface area contributed by atoms with Gasteiger partial charge in [0, 0.05) is 19.5 Å². The Labute approximate surface area is 194 Å². The number of benzene rings is 2. The predicted molar refractivity (Wildman–Crippen MR) is 123 cm³/mol. The summed E-state index contributed by atoms with van der Waals surface area (Å²) >= 11 is 0. The van der Waals surface area contributed by atoms with Crippen molar-refractivity contribution in [3.05, 3.63) is 54.1 Å². The highest BCUT2D eigenvalue weighted by Crippen LogP contribution is 2.34. The largest absolute Gasteiger partial charge is 0.475 e. The number of nitrogens with zero attached hydrogens (tertiary/aromatic N) is 2. The molecule has 9 heteroatoms. The zero-order valence-electron chi connectivity index (χ0n) is 18.6. The number of piperidine rings is 1. The fourth-order valence-corrected chi connectivity index (χ4v) is 5.71. The summed E-state index contributed by atoms with van der Waals surface area (Å²) in [7, 11) is -2.19. The molecule has 4 rings (SSSR count). The SMILES string of the molecule is COC(=O)[C@@H]1CN(C(=O)CCc2ccc(S(=O)(=O)N3CCCCC3)cc2)c2ccccc2O1. The van der Waals surface area contributed by atoms with Gasteiger partial charge in [-0.15, -0.1) is 0 Å². The zero-order chi connectivity index (χ0) is 23.4. The molecule has 1 saturated heterocycles. The molecule has 2 aromatic carbocycles. The maximum Gasteiger partial charge on any atom is 0.348 e. The smallest absolute Gasteiger partial charge is 0.348 e. The van der Waals surface area contributed by atoms with Crippen molar-refractivity contribution in [1.29, 1.82) is 0 Å². The van der Waals surface area contributed by atoms with Gasteiger partial charge in [0.2, 0.25) is 22.0 Å². The van der Waals surface area contributed by atoms with Crippen LogP contribution in [-0.2, 0) is 30.8 Å². The van der Waals surface area contributed by atoms with Crippen LogP contribution >= 0.6 is 0 Å². The van der Waals surface area contributed by atoms with E-state index in [0.717, 1.165) is 24.8 Å². The number of hydrogen-bond donors (Lipinski definition) is 0. The fourth-order valence-electron chi connectivity index (χ4n) is 4.19. The second-order valence-corrected chi connectivity index (χ2v) is 10.1. The van der Waals surface area contributed by atoms with E-state index in [4.69, 9.17) is 9.47 Å². The minimum atomic E-state index is -3.48. The first-order valence-corrected chi connectivity index (χ1v) is 12.6. The van der Waals surface area contributed by atoms with Crippen molar-refractivity contribution in [3.63, 3.8) is 0 Å². The molecule has 2 aliphatic heterocycles. The maximum absolute atomic E-state index is 13.0. The highest BCUT2D eigenvalue weighted by Gasteiger charge is 2.34. The van der Waals surface area contributed by atoms with Crippen LogP contribution < -0.4 is 9.64 Å². The Morgan fingerprint density at radius 3 is 2.42 bits per heavy atom. The summed E-state index contributed by atoms with van der Waals surface area (Å²) < 4.78 is 37.7. The number of esters is 1. The Morgan fingerprint density at radius 2 is 1.73 bits per heavy atom. The normalized spacial score (nSPS) is 18.8.